The SMILES string of the molecule is CCn1cc(C2CCN(c3ccc(Cl)cc3C#N)CC2)cn1. The molecule has 0 bridgehead atoms. The Morgan fingerprint density at radius 3 is 2.77 bits per heavy atom. The predicted octanol–water partition coefficient (Wildman–Crippen LogP) is 3.81. The lowest BCUT2D eigenvalue weighted by Gasteiger charge is -2.33. The number of nitriles is 1. The van der Waals surface area contributed by atoms with E-state index in [1.807, 2.05) is 23.0 Å². The van der Waals surface area contributed by atoms with Crippen molar-refractivity contribution in [3.8, 4) is 6.07 Å². The maximum atomic E-state index is 9.29. The molecule has 0 unspecified atom stereocenters. The van der Waals surface area contributed by atoms with E-state index in [-0.39, 0.29) is 0 Å². The fraction of sp³-hybridized carbons (Fsp3) is 0.412. The van der Waals surface area contributed by atoms with Crippen LogP contribution in [0.4, 0.5) is 5.69 Å². The first kappa shape index (κ1) is 14.9. The second-order valence-corrected chi connectivity index (χ2v) is 6.10. The van der Waals surface area contributed by atoms with Crippen LogP contribution in [0.2, 0.25) is 5.02 Å². The maximum Gasteiger partial charge on any atom is 0.101 e. The zero-order chi connectivity index (χ0) is 15.5. The van der Waals surface area contributed by atoms with Gasteiger partial charge in [0, 0.05) is 30.9 Å². The first-order valence-corrected chi connectivity index (χ1v) is 8.06. The largest absolute Gasteiger partial charge is 0.370 e. The van der Waals surface area contributed by atoms with Crippen LogP contribution in [0.3, 0.4) is 0 Å². The minimum Gasteiger partial charge on any atom is -0.370 e. The first-order chi connectivity index (χ1) is 10.7. The molecule has 0 amide bonds. The normalized spacial score (nSPS) is 15.8. The summed E-state index contributed by atoms with van der Waals surface area (Å²) in [6.45, 7) is 4.93. The van der Waals surface area contributed by atoms with E-state index in [2.05, 4.69) is 29.2 Å². The molecule has 0 N–H and O–H groups in total. The van der Waals surface area contributed by atoms with Crippen molar-refractivity contribution in [3.63, 3.8) is 0 Å². The Bertz CT molecular complexity index is 693. The Morgan fingerprint density at radius 2 is 2.14 bits per heavy atom. The quantitative estimate of drug-likeness (QED) is 0.865. The number of hydrogen-bond donors (Lipinski definition) is 0. The summed E-state index contributed by atoms with van der Waals surface area (Å²) < 4.78 is 1.98. The van der Waals surface area contributed by atoms with Crippen molar-refractivity contribution < 1.29 is 0 Å². The summed E-state index contributed by atoms with van der Waals surface area (Å²) in [5.41, 5.74) is 2.98. The van der Waals surface area contributed by atoms with Crippen molar-refractivity contribution in [2.24, 2.45) is 0 Å². The lowest BCUT2D eigenvalue weighted by molar-refractivity contribution is 0.504. The molecule has 4 nitrogen and oxygen atoms in total. The van der Waals surface area contributed by atoms with Crippen LogP contribution in [-0.2, 0) is 6.54 Å². The van der Waals surface area contributed by atoms with Crippen molar-refractivity contribution in [3.05, 3.63) is 46.7 Å². The van der Waals surface area contributed by atoms with E-state index in [0.717, 1.165) is 38.2 Å². The minimum absolute atomic E-state index is 0.564. The van der Waals surface area contributed by atoms with E-state index in [4.69, 9.17) is 11.6 Å². The van der Waals surface area contributed by atoms with Crippen LogP contribution in [0.5, 0.6) is 0 Å². The summed E-state index contributed by atoms with van der Waals surface area (Å²) in [5, 5.41) is 14.3. The minimum atomic E-state index is 0.564. The molecular formula is C17H19ClN4. The van der Waals surface area contributed by atoms with Gasteiger partial charge in [-0.3, -0.25) is 4.68 Å². The van der Waals surface area contributed by atoms with Crippen LogP contribution in [-0.4, -0.2) is 22.9 Å². The van der Waals surface area contributed by atoms with Gasteiger partial charge in [-0.25, -0.2) is 0 Å². The van der Waals surface area contributed by atoms with Crippen LogP contribution in [0.15, 0.2) is 30.6 Å². The van der Waals surface area contributed by atoms with Crippen molar-refractivity contribution in [2.75, 3.05) is 18.0 Å². The van der Waals surface area contributed by atoms with E-state index < -0.39 is 0 Å². The highest BCUT2D eigenvalue weighted by atomic mass is 35.5. The number of halogens is 1. The molecule has 0 radical (unpaired) electrons. The van der Waals surface area contributed by atoms with E-state index in [9.17, 15) is 5.26 Å². The number of aromatic nitrogens is 2. The highest BCUT2D eigenvalue weighted by Gasteiger charge is 2.23. The summed E-state index contributed by atoms with van der Waals surface area (Å²) in [7, 11) is 0. The third kappa shape index (κ3) is 2.95. The molecule has 0 atom stereocenters. The van der Waals surface area contributed by atoms with Gasteiger partial charge in [-0.1, -0.05) is 11.6 Å². The van der Waals surface area contributed by atoms with Gasteiger partial charge in [-0.15, -0.1) is 0 Å². The third-order valence-electron chi connectivity index (χ3n) is 4.36. The van der Waals surface area contributed by atoms with Gasteiger partial charge in [0.05, 0.1) is 17.4 Å². The summed E-state index contributed by atoms with van der Waals surface area (Å²) in [4.78, 5) is 2.29. The molecule has 114 valence electrons. The second kappa shape index (κ2) is 6.41. The zero-order valence-corrected chi connectivity index (χ0v) is 13.4. The molecule has 1 aromatic heterocycles. The molecule has 1 aromatic carbocycles. The van der Waals surface area contributed by atoms with Crippen molar-refractivity contribution >= 4 is 17.3 Å². The van der Waals surface area contributed by atoms with Gasteiger partial charge in [0.25, 0.3) is 0 Å². The average Bonchev–Trinajstić information content (AvgIpc) is 3.04. The van der Waals surface area contributed by atoms with Crippen molar-refractivity contribution in [1.82, 2.24) is 9.78 Å². The Kier molecular flexibility index (Phi) is 4.35. The predicted molar refractivity (Wildman–Crippen MR) is 88.3 cm³/mol. The molecule has 0 spiro atoms. The molecule has 5 heteroatoms. The highest BCUT2D eigenvalue weighted by Crippen LogP contribution is 2.32. The number of hydrogen-bond acceptors (Lipinski definition) is 3. The third-order valence-corrected chi connectivity index (χ3v) is 4.60. The van der Waals surface area contributed by atoms with Crippen LogP contribution < -0.4 is 4.90 Å². The Balaban J connectivity index is 1.70. The monoisotopic (exact) mass is 314 g/mol. The summed E-state index contributed by atoms with van der Waals surface area (Å²) in [6.07, 6.45) is 6.32. The van der Waals surface area contributed by atoms with E-state index >= 15 is 0 Å². The molecule has 0 saturated carbocycles. The van der Waals surface area contributed by atoms with Gasteiger partial charge in [0.15, 0.2) is 0 Å². The topological polar surface area (TPSA) is 44.9 Å². The second-order valence-electron chi connectivity index (χ2n) is 5.66. The molecule has 2 heterocycles. The highest BCUT2D eigenvalue weighted by molar-refractivity contribution is 6.30. The molecular weight excluding hydrogens is 296 g/mol. The Labute approximate surface area is 135 Å². The molecule has 1 saturated heterocycles. The molecule has 3 rings (SSSR count). The number of anilines is 1. The fourth-order valence-electron chi connectivity index (χ4n) is 3.09. The van der Waals surface area contributed by atoms with Gasteiger partial charge in [0.1, 0.15) is 6.07 Å². The molecule has 1 aliphatic rings. The van der Waals surface area contributed by atoms with Crippen LogP contribution in [0, 0.1) is 11.3 Å². The summed E-state index contributed by atoms with van der Waals surface area (Å²) in [6, 6.07) is 7.80. The van der Waals surface area contributed by atoms with Gasteiger partial charge in [0.2, 0.25) is 0 Å². The smallest absolute Gasteiger partial charge is 0.101 e. The maximum absolute atomic E-state index is 9.29. The van der Waals surface area contributed by atoms with Crippen LogP contribution in [0.1, 0.15) is 36.8 Å². The molecule has 1 fully saturated rings. The van der Waals surface area contributed by atoms with Crippen molar-refractivity contribution in [2.45, 2.75) is 32.2 Å². The van der Waals surface area contributed by atoms with Crippen LogP contribution >= 0.6 is 11.6 Å². The zero-order valence-electron chi connectivity index (χ0n) is 12.7. The average molecular weight is 315 g/mol. The molecule has 0 aliphatic carbocycles. The lowest BCUT2D eigenvalue weighted by atomic mass is 9.91. The number of rotatable bonds is 3. The number of aryl methyl sites for hydroxylation is 1. The standard InChI is InChI=1S/C17H19ClN4/c1-2-22-12-15(11-20-22)13-5-7-21(8-6-13)17-4-3-16(18)9-14(17)10-19/h3-4,9,11-13H,2,5-8H2,1H3. The van der Waals surface area contributed by atoms with Gasteiger partial charge in [-0.2, -0.15) is 10.4 Å². The number of nitrogens with zero attached hydrogens (tertiary/aromatic N) is 4. The van der Waals surface area contributed by atoms with Gasteiger partial charge >= 0.3 is 0 Å². The van der Waals surface area contributed by atoms with E-state index in [1.54, 1.807) is 6.07 Å². The Hall–Kier alpha value is -1.99. The van der Waals surface area contributed by atoms with Gasteiger partial charge < -0.3 is 4.90 Å². The molecule has 22 heavy (non-hydrogen) atoms. The van der Waals surface area contributed by atoms with Crippen LogP contribution in [0.25, 0.3) is 0 Å². The Morgan fingerprint density at radius 1 is 1.36 bits per heavy atom. The summed E-state index contributed by atoms with van der Waals surface area (Å²) >= 11 is 5.97. The van der Waals surface area contributed by atoms with Crippen molar-refractivity contribution in [1.29, 1.82) is 5.26 Å². The molecule has 2 aromatic rings. The van der Waals surface area contributed by atoms with E-state index in [1.165, 1.54) is 5.56 Å². The summed E-state index contributed by atoms with van der Waals surface area (Å²) in [5.74, 6) is 0.564. The first-order valence-electron chi connectivity index (χ1n) is 7.68. The molecule has 1 aliphatic heterocycles. The van der Waals surface area contributed by atoms with E-state index in [0.29, 0.717) is 16.5 Å². The fourth-order valence-corrected chi connectivity index (χ4v) is 3.26. The lowest BCUT2D eigenvalue weighted by Crippen LogP contribution is -2.33. The number of benzene rings is 1. The number of piperidine rings is 1. The van der Waals surface area contributed by atoms with Gasteiger partial charge in [-0.05, 0) is 49.4 Å².